The van der Waals surface area contributed by atoms with Crippen molar-refractivity contribution in [2.75, 3.05) is 25.0 Å². The lowest BCUT2D eigenvalue weighted by atomic mass is 10.1. The predicted molar refractivity (Wildman–Crippen MR) is 87.7 cm³/mol. The number of alkyl halides is 4. The van der Waals surface area contributed by atoms with Crippen LogP contribution in [0.4, 0.5) is 0 Å². The van der Waals surface area contributed by atoms with Crippen molar-refractivity contribution >= 4 is 54.0 Å². The van der Waals surface area contributed by atoms with Crippen molar-refractivity contribution in [2.45, 2.75) is 43.4 Å². The summed E-state index contributed by atoms with van der Waals surface area (Å²) in [6.07, 6.45) is 0. The first kappa shape index (κ1) is 21.3. The Bertz CT molecular complexity index is 319. The molecule has 122 valence electrons. The highest BCUT2D eigenvalue weighted by atomic mass is 35.5. The highest BCUT2D eigenvalue weighted by Gasteiger charge is 2.48. The molecule has 0 rings (SSSR count). The molecule has 0 aliphatic heterocycles. The van der Waals surface area contributed by atoms with Gasteiger partial charge in [-0.25, -0.2) is 0 Å². The molecule has 0 aliphatic rings. The zero-order chi connectivity index (χ0) is 16.0. The molecule has 0 aromatic rings. The molecule has 1 atom stereocenters. The second-order valence-electron chi connectivity index (χ2n) is 5.34. The van der Waals surface area contributed by atoms with Gasteiger partial charge in [-0.15, -0.1) is 23.2 Å². The number of hydrogen-bond acceptors (Lipinski definition) is 4. The summed E-state index contributed by atoms with van der Waals surface area (Å²) in [5.74, 6) is -0.556. The molecule has 1 N–H and O–H groups in total. The van der Waals surface area contributed by atoms with E-state index >= 15 is 0 Å². The average Bonchev–Trinajstić information content (AvgIpc) is 2.28. The highest BCUT2D eigenvalue weighted by molar-refractivity contribution is 7.55. The molecule has 0 fully saturated rings. The lowest BCUT2D eigenvalue weighted by Crippen LogP contribution is -2.51. The summed E-state index contributed by atoms with van der Waals surface area (Å²) in [7, 11) is -3.62. The van der Waals surface area contributed by atoms with Gasteiger partial charge in [0.15, 0.2) is 0 Å². The fourth-order valence-corrected chi connectivity index (χ4v) is 4.76. The van der Waals surface area contributed by atoms with Crippen molar-refractivity contribution in [3.05, 3.63) is 0 Å². The Balaban J connectivity index is 5.33. The van der Waals surface area contributed by atoms with Crippen molar-refractivity contribution in [3.63, 3.8) is 0 Å². The van der Waals surface area contributed by atoms with Gasteiger partial charge in [-0.1, -0.05) is 23.2 Å². The van der Waals surface area contributed by atoms with Gasteiger partial charge in [0.05, 0.1) is 13.2 Å². The van der Waals surface area contributed by atoms with E-state index in [1.807, 2.05) is 20.8 Å². The molecule has 0 saturated carbocycles. The predicted octanol–water partition coefficient (Wildman–Crippen LogP) is 4.60. The molecule has 0 radical (unpaired) electrons. The molecule has 0 aromatic carbocycles. The van der Waals surface area contributed by atoms with Crippen molar-refractivity contribution in [1.82, 2.24) is 5.32 Å². The van der Waals surface area contributed by atoms with E-state index < -0.39 is 17.7 Å². The SMILES string of the molecule is CC(C)(C)NC(C(C)(Cl)Cl)P(=O)(OCCCl)OCCCl. The average molecular weight is 389 g/mol. The third kappa shape index (κ3) is 8.05. The smallest absolute Gasteiger partial charge is 0.306 e. The van der Waals surface area contributed by atoms with Crippen LogP contribution >= 0.6 is 54.0 Å². The van der Waals surface area contributed by atoms with Gasteiger partial charge in [-0.2, -0.15) is 0 Å². The van der Waals surface area contributed by atoms with E-state index in [0.29, 0.717) is 0 Å². The van der Waals surface area contributed by atoms with Crippen LogP contribution in [-0.2, 0) is 13.6 Å². The van der Waals surface area contributed by atoms with Gasteiger partial charge < -0.3 is 9.05 Å². The molecule has 1 unspecified atom stereocenters. The number of hydrogen-bond donors (Lipinski definition) is 1. The summed E-state index contributed by atoms with van der Waals surface area (Å²) >= 11 is 23.5. The minimum Gasteiger partial charge on any atom is -0.306 e. The molecular formula is C11H22Cl4NO3P. The zero-order valence-corrected chi connectivity index (χ0v) is 16.0. The van der Waals surface area contributed by atoms with Crippen molar-refractivity contribution < 1.29 is 13.6 Å². The van der Waals surface area contributed by atoms with E-state index in [-0.39, 0.29) is 30.5 Å². The van der Waals surface area contributed by atoms with Gasteiger partial charge in [0, 0.05) is 17.3 Å². The van der Waals surface area contributed by atoms with E-state index in [9.17, 15) is 4.57 Å². The van der Waals surface area contributed by atoms with Crippen LogP contribution in [0.5, 0.6) is 0 Å². The number of rotatable bonds is 9. The summed E-state index contributed by atoms with van der Waals surface area (Å²) in [5, 5.41) is 3.09. The van der Waals surface area contributed by atoms with E-state index in [4.69, 9.17) is 55.5 Å². The van der Waals surface area contributed by atoms with Crippen LogP contribution < -0.4 is 5.32 Å². The zero-order valence-electron chi connectivity index (χ0n) is 12.1. The van der Waals surface area contributed by atoms with E-state index in [1.165, 1.54) is 6.92 Å². The van der Waals surface area contributed by atoms with Gasteiger partial charge >= 0.3 is 7.60 Å². The maximum absolute atomic E-state index is 13.0. The second kappa shape index (κ2) is 8.79. The summed E-state index contributed by atoms with van der Waals surface area (Å²) < 4.78 is 22.3. The van der Waals surface area contributed by atoms with Gasteiger partial charge in [-0.05, 0) is 27.7 Å². The first-order chi connectivity index (χ1) is 8.96. The molecule has 0 saturated heterocycles. The molecule has 0 heterocycles. The van der Waals surface area contributed by atoms with Crippen LogP contribution in [0.1, 0.15) is 27.7 Å². The third-order valence-corrected chi connectivity index (χ3v) is 5.48. The molecule has 0 bridgehead atoms. The third-order valence-electron chi connectivity index (χ3n) is 2.06. The molecule has 20 heavy (non-hydrogen) atoms. The van der Waals surface area contributed by atoms with Crippen molar-refractivity contribution in [3.8, 4) is 0 Å². The Kier molecular flexibility index (Phi) is 9.34. The first-order valence-corrected chi connectivity index (χ1v) is 9.56. The highest BCUT2D eigenvalue weighted by Crippen LogP contribution is 2.58. The summed E-state index contributed by atoms with van der Waals surface area (Å²) in [5.41, 5.74) is -0.389. The molecular weight excluding hydrogens is 367 g/mol. The lowest BCUT2D eigenvalue weighted by molar-refractivity contribution is 0.200. The van der Waals surface area contributed by atoms with Crippen LogP contribution in [0.2, 0.25) is 0 Å². The minimum absolute atomic E-state index is 0.0628. The van der Waals surface area contributed by atoms with Crippen molar-refractivity contribution in [1.29, 1.82) is 0 Å². The normalized spacial score (nSPS) is 15.4. The Labute approximate surface area is 141 Å². The van der Waals surface area contributed by atoms with Crippen LogP contribution in [0.15, 0.2) is 0 Å². The van der Waals surface area contributed by atoms with Gasteiger partial charge in [-0.3, -0.25) is 9.88 Å². The maximum atomic E-state index is 13.0. The summed E-state index contributed by atoms with van der Waals surface area (Å²) in [4.78, 5) is 0. The Morgan fingerprint density at radius 2 is 1.45 bits per heavy atom. The van der Waals surface area contributed by atoms with Crippen LogP contribution in [0.25, 0.3) is 0 Å². The van der Waals surface area contributed by atoms with Crippen molar-refractivity contribution in [2.24, 2.45) is 0 Å². The summed E-state index contributed by atoms with van der Waals surface area (Å²) in [6, 6.07) is 0. The molecule has 0 aliphatic carbocycles. The fourth-order valence-electron chi connectivity index (χ4n) is 1.40. The monoisotopic (exact) mass is 387 g/mol. The largest absolute Gasteiger partial charge is 0.350 e. The lowest BCUT2D eigenvalue weighted by Gasteiger charge is -2.37. The van der Waals surface area contributed by atoms with E-state index in [1.54, 1.807) is 0 Å². The van der Waals surface area contributed by atoms with Gasteiger partial charge in [0.25, 0.3) is 0 Å². The minimum atomic E-state index is -3.62. The molecule has 0 aromatic heterocycles. The Morgan fingerprint density at radius 1 is 1.05 bits per heavy atom. The standard InChI is InChI=1S/C11H22Cl4NO3P/c1-10(2,3)16-9(11(4,14)15)20(17,18-7-5-12)19-8-6-13/h9,16H,5-8H2,1-4H3. The number of nitrogens with one attached hydrogen (secondary N) is 1. The summed E-state index contributed by atoms with van der Waals surface area (Å²) in [6.45, 7) is 7.34. The van der Waals surface area contributed by atoms with E-state index in [0.717, 1.165) is 0 Å². The Hall–Kier alpha value is 1.27. The quantitative estimate of drug-likeness (QED) is 0.463. The van der Waals surface area contributed by atoms with Crippen LogP contribution in [-0.4, -0.2) is 40.6 Å². The molecule has 9 heteroatoms. The molecule has 0 amide bonds. The topological polar surface area (TPSA) is 47.6 Å². The van der Waals surface area contributed by atoms with E-state index in [2.05, 4.69) is 5.32 Å². The first-order valence-electron chi connectivity index (χ1n) is 6.12. The number of halogens is 4. The van der Waals surface area contributed by atoms with Crippen LogP contribution in [0.3, 0.4) is 0 Å². The molecule has 0 spiro atoms. The molecule has 4 nitrogen and oxygen atoms in total. The Morgan fingerprint density at radius 3 is 1.70 bits per heavy atom. The fraction of sp³-hybridized carbons (Fsp3) is 1.00. The van der Waals surface area contributed by atoms with Crippen LogP contribution in [0, 0.1) is 0 Å². The second-order valence-corrected chi connectivity index (χ2v) is 9.97. The maximum Gasteiger partial charge on any atom is 0.350 e. The van der Waals surface area contributed by atoms with Gasteiger partial charge in [0.2, 0.25) is 0 Å². The van der Waals surface area contributed by atoms with Gasteiger partial charge in [0.1, 0.15) is 10.1 Å².